The Hall–Kier alpha value is -4.06. The Morgan fingerprint density at radius 3 is 2.53 bits per heavy atom. The molecule has 1 aliphatic carbocycles. The fourth-order valence-corrected chi connectivity index (χ4v) is 7.87. The van der Waals surface area contributed by atoms with E-state index in [0.29, 0.717) is 38.5 Å². The minimum Gasteiger partial charge on any atom is -0.494 e. The summed E-state index contributed by atoms with van der Waals surface area (Å²) in [5, 5.41) is 12.7. The molecular weight excluding hydrogens is 679 g/mol. The molecule has 7 rings (SSSR count). The lowest BCUT2D eigenvalue weighted by atomic mass is 10.0. The van der Waals surface area contributed by atoms with E-state index in [-0.39, 0.29) is 0 Å². The van der Waals surface area contributed by atoms with E-state index < -0.39 is 7.14 Å². The van der Waals surface area contributed by atoms with Crippen molar-refractivity contribution in [2.45, 2.75) is 12.8 Å². The summed E-state index contributed by atoms with van der Waals surface area (Å²) in [5.41, 5.74) is 5.22. The molecule has 2 N–H and O–H groups in total. The molecule has 2 aromatic carbocycles. The Morgan fingerprint density at radius 1 is 1.02 bits per heavy atom. The van der Waals surface area contributed by atoms with Gasteiger partial charge in [-0.25, -0.2) is 15.0 Å². The van der Waals surface area contributed by atoms with Gasteiger partial charge in [0.1, 0.15) is 25.0 Å². The summed E-state index contributed by atoms with van der Waals surface area (Å²) < 4.78 is 21.9. The maximum Gasteiger partial charge on any atom is 0.229 e. The average Bonchev–Trinajstić information content (AvgIpc) is 3.77. The van der Waals surface area contributed by atoms with Gasteiger partial charge in [0.2, 0.25) is 5.95 Å². The van der Waals surface area contributed by atoms with Crippen LogP contribution in [0.1, 0.15) is 12.8 Å². The standard InChI is InChI=1S/C33H38BrN10O2P/c1-42-19-23(16-38-42)24-13-27(29(46-2)14-28(24)44-11-9-43(10-12-44)18-21-5-6-21)40-33-36-17-25(34)32(41-33)39-26-8-7-22-15-35-20-37-30(22)31(26)47(3,4)45/h7-8,13-17,19-21H,5-6,9-12,18H2,1-4H3,(H2,36,39,40,41). The molecule has 1 aliphatic heterocycles. The largest absolute Gasteiger partial charge is 0.494 e. The van der Waals surface area contributed by atoms with Crippen LogP contribution in [0.3, 0.4) is 0 Å². The molecule has 0 unspecified atom stereocenters. The molecule has 47 heavy (non-hydrogen) atoms. The van der Waals surface area contributed by atoms with Crippen LogP contribution in [0.5, 0.6) is 5.75 Å². The molecule has 0 spiro atoms. The molecule has 0 radical (unpaired) electrons. The van der Waals surface area contributed by atoms with Crippen molar-refractivity contribution in [2.24, 2.45) is 13.0 Å². The third-order valence-corrected chi connectivity index (χ3v) is 10.8. The van der Waals surface area contributed by atoms with Crippen LogP contribution in [0.15, 0.2) is 59.9 Å². The van der Waals surface area contributed by atoms with E-state index >= 15 is 0 Å². The van der Waals surface area contributed by atoms with E-state index in [1.807, 2.05) is 36.3 Å². The molecule has 1 saturated carbocycles. The maximum atomic E-state index is 13.5. The van der Waals surface area contributed by atoms with Crippen LogP contribution in [0, 0.1) is 5.92 Å². The average molecular weight is 718 g/mol. The number of hydrogen-bond donors (Lipinski definition) is 2. The molecule has 4 heterocycles. The molecular formula is C33H38BrN10O2P. The zero-order chi connectivity index (χ0) is 32.7. The highest BCUT2D eigenvalue weighted by Gasteiger charge is 2.28. The number of nitrogens with one attached hydrogen (secondary N) is 2. The number of methoxy groups -OCH3 is 1. The highest BCUT2D eigenvalue weighted by Crippen LogP contribution is 2.43. The molecule has 5 aromatic rings. The minimum absolute atomic E-state index is 0.369. The van der Waals surface area contributed by atoms with Crippen LogP contribution >= 0.6 is 23.1 Å². The van der Waals surface area contributed by atoms with E-state index in [0.717, 1.165) is 60.0 Å². The number of aryl methyl sites for hydroxylation is 1. The maximum absolute atomic E-state index is 13.5. The number of hydrogen-bond acceptors (Lipinski definition) is 11. The summed E-state index contributed by atoms with van der Waals surface area (Å²) in [5.74, 6) is 2.45. The van der Waals surface area contributed by atoms with Crippen LogP contribution in [0.4, 0.5) is 28.8 Å². The number of ether oxygens (including phenoxy) is 1. The first-order valence-electron chi connectivity index (χ1n) is 15.7. The third-order valence-electron chi connectivity index (χ3n) is 8.69. The van der Waals surface area contributed by atoms with Crippen LogP contribution in [-0.2, 0) is 11.6 Å². The smallest absolute Gasteiger partial charge is 0.229 e. The first kappa shape index (κ1) is 31.5. The highest BCUT2D eigenvalue weighted by molar-refractivity contribution is 9.10. The zero-order valence-electron chi connectivity index (χ0n) is 26.9. The summed E-state index contributed by atoms with van der Waals surface area (Å²) in [6, 6.07) is 7.98. The summed E-state index contributed by atoms with van der Waals surface area (Å²) in [4.78, 5) is 23.0. The number of aromatic nitrogens is 6. The Labute approximate surface area is 282 Å². The van der Waals surface area contributed by atoms with E-state index in [9.17, 15) is 4.57 Å². The Kier molecular flexibility index (Phi) is 8.63. The second-order valence-electron chi connectivity index (χ2n) is 12.6. The monoisotopic (exact) mass is 716 g/mol. The van der Waals surface area contributed by atoms with Gasteiger partial charge in [0.25, 0.3) is 0 Å². The molecule has 3 aromatic heterocycles. The number of benzene rings is 2. The first-order chi connectivity index (χ1) is 22.7. The molecule has 2 aliphatic rings. The van der Waals surface area contributed by atoms with Crippen molar-refractivity contribution in [3.05, 3.63) is 59.9 Å². The number of nitrogens with zero attached hydrogens (tertiary/aromatic N) is 8. The summed E-state index contributed by atoms with van der Waals surface area (Å²) >= 11 is 3.59. The quantitative estimate of drug-likeness (QED) is 0.169. The van der Waals surface area contributed by atoms with Gasteiger partial charge in [-0.05, 0) is 66.2 Å². The lowest BCUT2D eigenvalue weighted by Crippen LogP contribution is -2.47. The summed E-state index contributed by atoms with van der Waals surface area (Å²) in [7, 11) is 0.859. The van der Waals surface area contributed by atoms with Crippen molar-refractivity contribution in [3.8, 4) is 16.9 Å². The zero-order valence-corrected chi connectivity index (χ0v) is 29.4. The highest BCUT2D eigenvalue weighted by atomic mass is 79.9. The Bertz CT molecular complexity index is 1980. The third kappa shape index (κ3) is 6.83. The second-order valence-corrected chi connectivity index (χ2v) is 16.6. The minimum atomic E-state index is -2.74. The van der Waals surface area contributed by atoms with E-state index in [2.05, 4.69) is 68.5 Å². The first-order valence-corrected chi connectivity index (χ1v) is 19.1. The number of fused-ring (bicyclic) bond motifs is 1. The van der Waals surface area contributed by atoms with Crippen molar-refractivity contribution < 1.29 is 9.30 Å². The molecule has 0 atom stereocenters. The van der Waals surface area contributed by atoms with Gasteiger partial charge >= 0.3 is 0 Å². The molecule has 1 saturated heterocycles. The molecule has 14 heteroatoms. The Morgan fingerprint density at radius 2 is 1.83 bits per heavy atom. The molecule has 12 nitrogen and oxygen atoms in total. The van der Waals surface area contributed by atoms with Gasteiger partial charge in [0.05, 0.1) is 40.0 Å². The van der Waals surface area contributed by atoms with Crippen molar-refractivity contribution in [1.82, 2.24) is 34.6 Å². The van der Waals surface area contributed by atoms with Crippen LogP contribution < -0.4 is 25.6 Å². The topological polar surface area (TPSA) is 126 Å². The van der Waals surface area contributed by atoms with Gasteiger partial charge in [0, 0.05) is 86.6 Å². The van der Waals surface area contributed by atoms with Gasteiger partial charge in [-0.15, -0.1) is 0 Å². The molecule has 0 bridgehead atoms. The van der Waals surface area contributed by atoms with Gasteiger partial charge in [0.15, 0.2) is 0 Å². The van der Waals surface area contributed by atoms with Crippen LogP contribution in [0.2, 0.25) is 0 Å². The van der Waals surface area contributed by atoms with Crippen LogP contribution in [-0.4, -0.2) is 87.8 Å². The van der Waals surface area contributed by atoms with E-state index in [4.69, 9.17) is 9.72 Å². The number of rotatable bonds is 10. The second kappa shape index (κ2) is 12.9. The Balaban J connectivity index is 1.21. The van der Waals surface area contributed by atoms with Crippen molar-refractivity contribution in [2.75, 3.05) is 68.7 Å². The van der Waals surface area contributed by atoms with Crippen LogP contribution in [0.25, 0.3) is 22.0 Å². The number of halogens is 1. The normalized spacial score (nSPS) is 15.6. The molecule has 0 amide bonds. The van der Waals surface area contributed by atoms with Crippen molar-refractivity contribution >= 4 is 68.1 Å². The van der Waals surface area contributed by atoms with E-state index in [1.54, 1.807) is 32.8 Å². The fraction of sp³-hybridized carbons (Fsp3) is 0.364. The lowest BCUT2D eigenvalue weighted by Gasteiger charge is -2.37. The number of anilines is 5. The predicted octanol–water partition coefficient (Wildman–Crippen LogP) is 5.86. The number of piperazine rings is 1. The lowest BCUT2D eigenvalue weighted by molar-refractivity contribution is 0.248. The van der Waals surface area contributed by atoms with E-state index in [1.165, 1.54) is 25.7 Å². The summed E-state index contributed by atoms with van der Waals surface area (Å²) in [6.45, 7) is 8.68. The molecule has 2 fully saturated rings. The van der Waals surface area contributed by atoms with Gasteiger partial charge < -0.3 is 24.8 Å². The van der Waals surface area contributed by atoms with Gasteiger partial charge in [-0.2, -0.15) is 10.1 Å². The summed E-state index contributed by atoms with van der Waals surface area (Å²) in [6.07, 6.45) is 11.5. The van der Waals surface area contributed by atoms with Crippen molar-refractivity contribution in [3.63, 3.8) is 0 Å². The van der Waals surface area contributed by atoms with Crippen molar-refractivity contribution in [1.29, 1.82) is 0 Å². The van der Waals surface area contributed by atoms with Gasteiger partial charge in [-0.1, -0.05) is 0 Å². The fourth-order valence-electron chi connectivity index (χ4n) is 6.17. The SMILES string of the molecule is COc1cc(N2CCN(CC3CC3)CC2)c(-c2cnn(C)c2)cc1Nc1ncc(Br)c(Nc2ccc3cncnc3c2P(C)(C)=O)n1. The van der Waals surface area contributed by atoms with Gasteiger partial charge in [-0.3, -0.25) is 9.58 Å². The predicted molar refractivity (Wildman–Crippen MR) is 191 cm³/mol. The molecule has 244 valence electrons.